The highest BCUT2D eigenvalue weighted by Crippen LogP contribution is 2.29. The first kappa shape index (κ1) is 17.8. The first-order chi connectivity index (χ1) is 9.45. The molecule has 21 heavy (non-hydrogen) atoms. The summed E-state index contributed by atoms with van der Waals surface area (Å²) in [5.41, 5.74) is 0. The molecule has 3 rings (SSSR count). The van der Waals surface area contributed by atoms with Gasteiger partial charge in [-0.2, -0.15) is 12.8 Å². The molecule has 0 aliphatic carbocycles. The van der Waals surface area contributed by atoms with Gasteiger partial charge in [-0.15, -0.1) is 0 Å². The number of nitrogens with one attached hydrogen (secondary N) is 1. The average molecular weight is 335 g/mol. The largest absolute Gasteiger partial charge is 0.412 e. The molecule has 0 unspecified atom stereocenters. The molecule has 0 atom stereocenters. The van der Waals surface area contributed by atoms with Gasteiger partial charge < -0.3 is 15.7 Å². The van der Waals surface area contributed by atoms with E-state index in [4.69, 9.17) is 17.5 Å². The summed E-state index contributed by atoms with van der Waals surface area (Å²) in [5, 5.41) is 4.65. The lowest BCUT2D eigenvalue weighted by atomic mass is 10.2. The Balaban J connectivity index is 0.000000324. The van der Waals surface area contributed by atoms with E-state index in [2.05, 4.69) is 38.9 Å². The van der Waals surface area contributed by atoms with Crippen LogP contribution in [-0.2, 0) is 10.4 Å². The van der Waals surface area contributed by atoms with E-state index in [0.29, 0.717) is 0 Å². The number of anilines is 1. The number of benzene rings is 1. The van der Waals surface area contributed by atoms with Crippen LogP contribution in [0.15, 0.2) is 24.3 Å². The zero-order chi connectivity index (χ0) is 14.6. The van der Waals surface area contributed by atoms with Crippen LogP contribution in [0.1, 0.15) is 0 Å². The molecule has 1 aromatic heterocycles. The lowest BCUT2D eigenvalue weighted by Gasteiger charge is -2.27. The van der Waals surface area contributed by atoms with Crippen LogP contribution in [0.25, 0.3) is 10.1 Å². The zero-order valence-electron chi connectivity index (χ0n) is 11.1. The maximum absolute atomic E-state index is 8.74. The van der Waals surface area contributed by atoms with Crippen LogP contribution in [0, 0.1) is 0 Å². The maximum Gasteiger partial charge on any atom is 0.394 e. The van der Waals surface area contributed by atoms with Gasteiger partial charge in [0.05, 0.1) is 4.70 Å². The zero-order valence-corrected chi connectivity index (χ0v) is 12.7. The third-order valence-electron chi connectivity index (χ3n) is 2.77. The van der Waals surface area contributed by atoms with Gasteiger partial charge in [-0.25, -0.2) is 0 Å². The maximum atomic E-state index is 8.74. The van der Waals surface area contributed by atoms with E-state index in [9.17, 15) is 0 Å². The third-order valence-corrected chi connectivity index (χ3v) is 3.59. The van der Waals surface area contributed by atoms with Gasteiger partial charge in [0, 0.05) is 31.6 Å². The van der Waals surface area contributed by atoms with E-state index in [-0.39, 0.29) is 5.48 Å². The predicted molar refractivity (Wildman–Crippen MR) is 82.5 cm³/mol. The molecule has 0 amide bonds. The highest BCUT2D eigenvalue weighted by Gasteiger charge is 2.15. The number of piperazine rings is 1. The van der Waals surface area contributed by atoms with Crippen molar-refractivity contribution < 1.29 is 23.0 Å². The molecule has 1 fully saturated rings. The van der Waals surface area contributed by atoms with E-state index in [1.807, 2.05) is 0 Å². The predicted octanol–water partition coefficient (Wildman–Crippen LogP) is 0.228. The number of hydrogen-bond acceptors (Lipinski definition) is 6. The summed E-state index contributed by atoms with van der Waals surface area (Å²) in [6.45, 7) is 4.25. The molecule has 2 heterocycles. The molecule has 8 nitrogen and oxygen atoms in total. The minimum atomic E-state index is -4.67. The van der Waals surface area contributed by atoms with E-state index >= 15 is 0 Å². The molecule has 5 N–H and O–H groups in total. The van der Waals surface area contributed by atoms with Crippen LogP contribution < -0.4 is 10.2 Å². The monoisotopic (exact) mass is 335 g/mol. The lowest BCUT2D eigenvalue weighted by Crippen LogP contribution is -2.43. The molecule has 2 aromatic rings. The second-order valence-electron chi connectivity index (χ2n) is 4.19. The molecule has 0 saturated carbocycles. The summed E-state index contributed by atoms with van der Waals surface area (Å²) in [5.74, 6) is 1.16. The van der Waals surface area contributed by atoms with Crippen LogP contribution in [0.3, 0.4) is 0 Å². The van der Waals surface area contributed by atoms with Gasteiger partial charge in [0.2, 0.25) is 0 Å². The number of aromatic nitrogens is 1. The minimum Gasteiger partial charge on any atom is -0.412 e. The van der Waals surface area contributed by atoms with E-state index in [1.54, 1.807) is 11.5 Å². The fourth-order valence-electron chi connectivity index (χ4n) is 1.98. The van der Waals surface area contributed by atoms with E-state index in [1.165, 1.54) is 10.1 Å². The van der Waals surface area contributed by atoms with Crippen molar-refractivity contribution in [2.75, 3.05) is 31.1 Å². The van der Waals surface area contributed by atoms with Crippen molar-refractivity contribution in [1.82, 2.24) is 9.69 Å². The molecule has 1 aliphatic rings. The number of hydrogen-bond donors (Lipinski definition) is 3. The van der Waals surface area contributed by atoms with Gasteiger partial charge in [0.1, 0.15) is 5.82 Å². The van der Waals surface area contributed by atoms with Gasteiger partial charge in [-0.05, 0) is 23.7 Å². The van der Waals surface area contributed by atoms with Crippen LogP contribution in [0.2, 0.25) is 0 Å². The standard InChI is InChI=1S/C11H13N3S.H2O4S.H2O/c1-2-4-10-9(3-1)11(13-15-10)14-7-5-12-6-8-14;1-5(2,3)4;/h1-4,12H,5-8H2;(H2,1,2,3,4);1H2. The van der Waals surface area contributed by atoms with Gasteiger partial charge in [0.15, 0.2) is 0 Å². The molecule has 0 spiro atoms. The molecule has 1 aliphatic heterocycles. The van der Waals surface area contributed by atoms with Crippen LogP contribution in [-0.4, -0.2) is 53.6 Å². The summed E-state index contributed by atoms with van der Waals surface area (Å²) in [4.78, 5) is 2.37. The van der Waals surface area contributed by atoms with E-state index in [0.717, 1.165) is 32.0 Å². The fraction of sp³-hybridized carbons (Fsp3) is 0.364. The first-order valence-electron chi connectivity index (χ1n) is 5.95. The Hall–Kier alpha value is -1.30. The molecule has 1 saturated heterocycles. The molecular formula is C11H17N3O5S2. The Kier molecular flexibility index (Phi) is 6.45. The molecule has 118 valence electrons. The van der Waals surface area contributed by atoms with E-state index < -0.39 is 10.4 Å². The van der Waals surface area contributed by atoms with Crippen LogP contribution >= 0.6 is 11.5 Å². The van der Waals surface area contributed by atoms with Gasteiger partial charge >= 0.3 is 10.4 Å². The molecule has 0 bridgehead atoms. The van der Waals surface area contributed by atoms with Crippen LogP contribution in [0.5, 0.6) is 0 Å². The Morgan fingerprint density at radius 3 is 2.38 bits per heavy atom. The lowest BCUT2D eigenvalue weighted by molar-refractivity contribution is 0.381. The number of fused-ring (bicyclic) bond motifs is 1. The van der Waals surface area contributed by atoms with Crippen molar-refractivity contribution >= 4 is 37.8 Å². The molecular weight excluding hydrogens is 318 g/mol. The Morgan fingerprint density at radius 2 is 1.76 bits per heavy atom. The van der Waals surface area contributed by atoms with Crippen LogP contribution in [0.4, 0.5) is 5.82 Å². The number of rotatable bonds is 1. The smallest absolute Gasteiger partial charge is 0.394 e. The fourth-order valence-corrected chi connectivity index (χ4v) is 2.77. The van der Waals surface area contributed by atoms with Gasteiger partial charge in [0.25, 0.3) is 0 Å². The summed E-state index contributed by atoms with van der Waals surface area (Å²) < 4.78 is 37.4. The van der Waals surface area contributed by atoms with Crippen molar-refractivity contribution in [2.24, 2.45) is 0 Å². The highest BCUT2D eigenvalue weighted by molar-refractivity contribution is 7.79. The second-order valence-corrected chi connectivity index (χ2v) is 5.89. The quantitative estimate of drug-likeness (QED) is 0.635. The van der Waals surface area contributed by atoms with Crippen molar-refractivity contribution in [3.8, 4) is 0 Å². The molecule has 1 aromatic carbocycles. The van der Waals surface area contributed by atoms with Gasteiger partial charge in [-0.1, -0.05) is 12.1 Å². The Morgan fingerprint density at radius 1 is 1.19 bits per heavy atom. The van der Waals surface area contributed by atoms with Crippen molar-refractivity contribution in [3.05, 3.63) is 24.3 Å². The first-order valence-corrected chi connectivity index (χ1v) is 8.12. The Bertz CT molecular complexity index is 659. The normalized spacial score (nSPS) is 15.0. The summed E-state index contributed by atoms with van der Waals surface area (Å²) in [6.07, 6.45) is 0. The van der Waals surface area contributed by atoms with Crippen molar-refractivity contribution in [3.63, 3.8) is 0 Å². The summed E-state index contributed by atoms with van der Waals surface area (Å²) in [6, 6.07) is 8.46. The minimum absolute atomic E-state index is 0. The summed E-state index contributed by atoms with van der Waals surface area (Å²) in [7, 11) is -4.67. The SMILES string of the molecule is O.O=S(=O)(O)O.c1ccc2c(N3CCNCC3)nsc2c1. The summed E-state index contributed by atoms with van der Waals surface area (Å²) >= 11 is 1.60. The topological polar surface area (TPSA) is 134 Å². The molecule has 0 radical (unpaired) electrons. The molecule has 10 heteroatoms. The third kappa shape index (κ3) is 5.53. The second kappa shape index (κ2) is 7.64. The Labute approximate surface area is 126 Å². The highest BCUT2D eigenvalue weighted by atomic mass is 32.3. The average Bonchev–Trinajstić information content (AvgIpc) is 2.81. The van der Waals surface area contributed by atoms with Crippen molar-refractivity contribution in [2.45, 2.75) is 0 Å². The van der Waals surface area contributed by atoms with Crippen molar-refractivity contribution in [1.29, 1.82) is 0 Å². The number of nitrogens with zero attached hydrogens (tertiary/aromatic N) is 2. The van der Waals surface area contributed by atoms with Gasteiger partial charge in [-0.3, -0.25) is 9.11 Å².